The van der Waals surface area contributed by atoms with Gasteiger partial charge in [-0.2, -0.15) is 0 Å². The van der Waals surface area contributed by atoms with Crippen molar-refractivity contribution in [1.29, 1.82) is 0 Å². The van der Waals surface area contributed by atoms with E-state index in [1.54, 1.807) is 25.1 Å². The Kier molecular flexibility index (Phi) is 6.22. The van der Waals surface area contributed by atoms with Gasteiger partial charge in [0, 0.05) is 10.0 Å². The minimum Gasteiger partial charge on any atom is -0.478 e. The molecule has 0 radical (unpaired) electrons. The Bertz CT molecular complexity index is 846. The number of halogens is 3. The molecule has 0 fully saturated rings. The second-order valence-corrected chi connectivity index (χ2v) is 6.18. The molecular formula is C16H14BrClFN3O3. The third-order valence-electron chi connectivity index (χ3n) is 3.31. The quantitative estimate of drug-likeness (QED) is 0.355. The maximum Gasteiger partial charge on any atom is 0.337 e. The van der Waals surface area contributed by atoms with Crippen LogP contribution in [0.5, 0.6) is 5.75 Å². The molecule has 0 aliphatic rings. The minimum absolute atomic E-state index is 0.204. The smallest absolute Gasteiger partial charge is 0.337 e. The molecule has 2 rings (SSSR count). The standard InChI is InChI=1S/C16H14BrClFN3O3/c1-2-8-5-10(16(23)24)14(13(19)15(8)25-21-7-20)22-12-4-3-9(17)6-11(12)18/h3-7,22H,2H2,1H3,(H2,20,21)(H,23,24). The molecule has 4 N–H and O–H groups in total. The summed E-state index contributed by atoms with van der Waals surface area (Å²) in [6.45, 7) is 1.73. The molecule has 25 heavy (non-hydrogen) atoms. The lowest BCUT2D eigenvalue weighted by Crippen LogP contribution is -2.09. The summed E-state index contributed by atoms with van der Waals surface area (Å²) in [6.07, 6.45) is 1.20. The highest BCUT2D eigenvalue weighted by molar-refractivity contribution is 9.10. The number of aryl methyl sites for hydroxylation is 1. The van der Waals surface area contributed by atoms with Crippen LogP contribution in [0, 0.1) is 5.82 Å². The average molecular weight is 431 g/mol. The maximum absolute atomic E-state index is 14.9. The van der Waals surface area contributed by atoms with E-state index in [0.717, 1.165) is 10.8 Å². The predicted octanol–water partition coefficient (Wildman–Crippen LogP) is 4.53. The van der Waals surface area contributed by atoms with E-state index in [9.17, 15) is 14.3 Å². The molecule has 0 atom stereocenters. The van der Waals surface area contributed by atoms with Crippen LogP contribution in [0.1, 0.15) is 22.8 Å². The van der Waals surface area contributed by atoms with Gasteiger partial charge in [-0.15, -0.1) is 0 Å². The summed E-state index contributed by atoms with van der Waals surface area (Å²) >= 11 is 9.38. The minimum atomic E-state index is -1.29. The maximum atomic E-state index is 14.9. The van der Waals surface area contributed by atoms with E-state index in [0.29, 0.717) is 17.7 Å². The van der Waals surface area contributed by atoms with Gasteiger partial charge in [0.05, 0.1) is 22.0 Å². The van der Waals surface area contributed by atoms with Crippen LogP contribution in [-0.4, -0.2) is 17.4 Å². The van der Waals surface area contributed by atoms with Crippen LogP contribution in [-0.2, 0) is 6.42 Å². The van der Waals surface area contributed by atoms with Crippen LogP contribution in [0.2, 0.25) is 5.02 Å². The van der Waals surface area contributed by atoms with Gasteiger partial charge in [0.2, 0.25) is 0 Å². The van der Waals surface area contributed by atoms with Crippen LogP contribution in [0.4, 0.5) is 15.8 Å². The fraction of sp³-hybridized carbons (Fsp3) is 0.125. The number of nitrogens with zero attached hydrogens (tertiary/aromatic N) is 1. The van der Waals surface area contributed by atoms with Gasteiger partial charge in [0.1, 0.15) is 6.34 Å². The summed E-state index contributed by atoms with van der Waals surface area (Å²) < 4.78 is 15.7. The van der Waals surface area contributed by atoms with E-state index >= 15 is 0 Å². The van der Waals surface area contributed by atoms with Gasteiger partial charge in [0.15, 0.2) is 11.6 Å². The third kappa shape index (κ3) is 4.21. The Morgan fingerprint density at radius 2 is 2.24 bits per heavy atom. The number of hydrogen-bond acceptors (Lipinski definition) is 4. The Morgan fingerprint density at radius 3 is 2.80 bits per heavy atom. The first-order valence-corrected chi connectivity index (χ1v) is 8.27. The fourth-order valence-corrected chi connectivity index (χ4v) is 2.87. The monoisotopic (exact) mass is 429 g/mol. The topological polar surface area (TPSA) is 96.9 Å². The lowest BCUT2D eigenvalue weighted by molar-refractivity contribution is 0.0697. The zero-order chi connectivity index (χ0) is 18.6. The SMILES string of the molecule is CCc1cc(C(=O)O)c(Nc2ccc(Br)cc2Cl)c(F)c1O/N=C/N. The number of carbonyl (C=O) groups is 1. The highest BCUT2D eigenvalue weighted by Crippen LogP contribution is 2.37. The third-order valence-corrected chi connectivity index (χ3v) is 4.11. The average Bonchev–Trinajstić information content (AvgIpc) is 2.57. The molecule has 0 unspecified atom stereocenters. The Labute approximate surface area is 156 Å². The van der Waals surface area contributed by atoms with Crippen molar-refractivity contribution in [1.82, 2.24) is 0 Å². The van der Waals surface area contributed by atoms with Gasteiger partial charge in [0.25, 0.3) is 0 Å². The van der Waals surface area contributed by atoms with E-state index in [2.05, 4.69) is 26.4 Å². The molecule has 0 amide bonds. The molecule has 132 valence electrons. The van der Waals surface area contributed by atoms with Gasteiger partial charge in [-0.1, -0.05) is 39.6 Å². The van der Waals surface area contributed by atoms with E-state index in [1.807, 2.05) is 0 Å². The first-order valence-electron chi connectivity index (χ1n) is 7.10. The highest BCUT2D eigenvalue weighted by Gasteiger charge is 2.23. The predicted molar refractivity (Wildman–Crippen MR) is 98.5 cm³/mol. The van der Waals surface area contributed by atoms with Gasteiger partial charge >= 0.3 is 5.97 Å². The van der Waals surface area contributed by atoms with E-state index in [4.69, 9.17) is 22.2 Å². The summed E-state index contributed by atoms with van der Waals surface area (Å²) in [5.74, 6) is -2.40. The molecule has 0 aliphatic carbocycles. The number of benzene rings is 2. The first-order chi connectivity index (χ1) is 11.9. The van der Waals surface area contributed by atoms with Crippen LogP contribution < -0.4 is 15.9 Å². The number of rotatable bonds is 6. The molecule has 0 saturated carbocycles. The molecule has 2 aromatic carbocycles. The summed E-state index contributed by atoms with van der Waals surface area (Å²) in [5, 5.41) is 15.8. The van der Waals surface area contributed by atoms with Crippen molar-refractivity contribution in [3.05, 3.63) is 50.7 Å². The van der Waals surface area contributed by atoms with Crippen molar-refractivity contribution in [3.63, 3.8) is 0 Å². The molecule has 6 nitrogen and oxygen atoms in total. The number of hydrogen-bond donors (Lipinski definition) is 3. The van der Waals surface area contributed by atoms with Crippen LogP contribution in [0.3, 0.4) is 0 Å². The molecule has 0 saturated heterocycles. The highest BCUT2D eigenvalue weighted by atomic mass is 79.9. The summed E-state index contributed by atoms with van der Waals surface area (Å²) in [6, 6.07) is 6.19. The van der Waals surface area contributed by atoms with E-state index < -0.39 is 11.8 Å². The van der Waals surface area contributed by atoms with Crippen LogP contribution in [0.25, 0.3) is 0 Å². The molecule has 0 heterocycles. The lowest BCUT2D eigenvalue weighted by atomic mass is 10.0. The fourth-order valence-electron chi connectivity index (χ4n) is 2.15. The molecule has 0 aromatic heterocycles. The normalized spacial score (nSPS) is 10.9. The molecule has 9 heteroatoms. The largest absolute Gasteiger partial charge is 0.478 e. The Hall–Kier alpha value is -2.32. The number of carboxylic acid groups (broad SMARTS) is 1. The molecule has 0 spiro atoms. The van der Waals surface area contributed by atoms with Crippen molar-refractivity contribution < 1.29 is 19.1 Å². The summed E-state index contributed by atoms with van der Waals surface area (Å²) in [7, 11) is 0. The van der Waals surface area contributed by atoms with Crippen molar-refractivity contribution in [2.24, 2.45) is 10.9 Å². The second kappa shape index (κ2) is 8.17. The molecule has 0 bridgehead atoms. The number of anilines is 2. The van der Waals surface area contributed by atoms with Crippen LogP contribution in [0.15, 0.2) is 33.9 Å². The molecule has 2 aromatic rings. The molecule has 0 aliphatic heterocycles. The number of aromatic carboxylic acids is 1. The van der Waals surface area contributed by atoms with Crippen molar-refractivity contribution in [2.45, 2.75) is 13.3 Å². The number of carboxylic acids is 1. The van der Waals surface area contributed by atoms with Crippen molar-refractivity contribution >= 4 is 51.2 Å². The molecular weight excluding hydrogens is 417 g/mol. The van der Waals surface area contributed by atoms with Gasteiger partial charge in [-0.05, 0) is 30.7 Å². The van der Waals surface area contributed by atoms with Gasteiger partial charge in [-0.25, -0.2) is 9.18 Å². The number of nitrogens with one attached hydrogen (secondary N) is 1. The Morgan fingerprint density at radius 1 is 1.52 bits per heavy atom. The zero-order valence-electron chi connectivity index (χ0n) is 13.0. The lowest BCUT2D eigenvalue weighted by Gasteiger charge is -2.16. The van der Waals surface area contributed by atoms with Crippen LogP contribution >= 0.6 is 27.5 Å². The summed E-state index contributed by atoms with van der Waals surface area (Å²) in [4.78, 5) is 16.5. The zero-order valence-corrected chi connectivity index (χ0v) is 15.4. The van der Waals surface area contributed by atoms with Crippen molar-refractivity contribution in [2.75, 3.05) is 5.32 Å². The Balaban J connectivity index is 2.62. The summed E-state index contributed by atoms with van der Waals surface area (Å²) in [5.41, 5.74) is 5.26. The van der Waals surface area contributed by atoms with E-state index in [1.165, 1.54) is 6.07 Å². The van der Waals surface area contributed by atoms with Gasteiger partial charge < -0.3 is 21.0 Å². The first kappa shape index (κ1) is 19.0. The number of oxime groups is 1. The van der Waals surface area contributed by atoms with Gasteiger partial charge in [-0.3, -0.25) is 0 Å². The van der Waals surface area contributed by atoms with Crippen molar-refractivity contribution in [3.8, 4) is 5.75 Å². The van der Waals surface area contributed by atoms with E-state index in [-0.39, 0.29) is 22.0 Å². The second-order valence-electron chi connectivity index (χ2n) is 4.85. The number of nitrogens with two attached hydrogens (primary N) is 1.